The van der Waals surface area contributed by atoms with E-state index in [2.05, 4.69) is 0 Å². The molecule has 2 aromatic carbocycles. The normalized spacial score (nSPS) is 12.5. The second-order valence-corrected chi connectivity index (χ2v) is 8.33. The molecule has 0 spiro atoms. The summed E-state index contributed by atoms with van der Waals surface area (Å²) < 4.78 is 30.4. The summed E-state index contributed by atoms with van der Waals surface area (Å²) in [5.41, 5.74) is 1.01. The van der Waals surface area contributed by atoms with Crippen molar-refractivity contribution < 1.29 is 17.6 Å². The summed E-state index contributed by atoms with van der Waals surface area (Å²) >= 11 is 0. The van der Waals surface area contributed by atoms with Crippen molar-refractivity contribution in [2.75, 3.05) is 7.05 Å². The zero-order chi connectivity index (χ0) is 19.4. The van der Waals surface area contributed by atoms with Crippen LogP contribution in [0.4, 0.5) is 0 Å². The molecule has 0 radical (unpaired) electrons. The van der Waals surface area contributed by atoms with E-state index >= 15 is 0 Å². The molecule has 0 N–H and O–H groups in total. The molecule has 1 atom stereocenters. The summed E-state index contributed by atoms with van der Waals surface area (Å²) in [5.74, 6) is -0.223. The average molecular weight is 383 g/mol. The summed E-state index contributed by atoms with van der Waals surface area (Å²) in [4.78, 5) is 14.5. The molecule has 0 aliphatic carbocycles. The van der Waals surface area contributed by atoms with E-state index in [-0.39, 0.29) is 34.1 Å². The fourth-order valence-electron chi connectivity index (χ4n) is 2.77. The van der Waals surface area contributed by atoms with Crippen molar-refractivity contribution in [3.63, 3.8) is 0 Å². The lowest BCUT2D eigenvalue weighted by molar-refractivity contribution is 0.0709. The van der Waals surface area contributed by atoms with Crippen molar-refractivity contribution in [2.24, 2.45) is 0 Å². The highest BCUT2D eigenvalue weighted by atomic mass is 32.2. The van der Waals surface area contributed by atoms with Crippen LogP contribution in [0.25, 0.3) is 0 Å². The fourth-order valence-corrected chi connectivity index (χ4v) is 4.04. The first-order chi connectivity index (χ1) is 12.9. The van der Waals surface area contributed by atoms with Gasteiger partial charge in [0.1, 0.15) is 11.5 Å². The summed E-state index contributed by atoms with van der Waals surface area (Å²) in [6.07, 6.45) is 0. The Morgan fingerprint density at radius 3 is 2.19 bits per heavy atom. The topological polar surface area (TPSA) is 67.6 Å². The van der Waals surface area contributed by atoms with Crippen LogP contribution in [0.3, 0.4) is 0 Å². The number of carbonyl (C=O) groups excluding carboxylic acids is 1. The molecule has 1 heterocycles. The number of rotatable bonds is 6. The molecule has 3 rings (SSSR count). The Kier molecular flexibility index (Phi) is 5.46. The Hall–Kier alpha value is -2.86. The molecule has 140 valence electrons. The fraction of sp³-hybridized carbons (Fsp3) is 0.190. The van der Waals surface area contributed by atoms with Crippen LogP contribution in [0.1, 0.15) is 34.8 Å². The summed E-state index contributed by atoms with van der Waals surface area (Å²) in [5, 5.41) is 0. The Bertz CT molecular complexity index is 1010. The SMILES string of the molecule is CC(c1ccccc1)N(C)C(=O)c1ccc(CS(=O)(=O)c2ccccc2)o1. The zero-order valence-corrected chi connectivity index (χ0v) is 16.0. The van der Waals surface area contributed by atoms with Crippen LogP contribution in [-0.2, 0) is 15.6 Å². The van der Waals surface area contributed by atoms with Gasteiger partial charge < -0.3 is 9.32 Å². The third-order valence-corrected chi connectivity index (χ3v) is 6.15. The van der Waals surface area contributed by atoms with Crippen LogP contribution in [0, 0.1) is 0 Å². The van der Waals surface area contributed by atoms with Crippen LogP contribution in [0.5, 0.6) is 0 Å². The Balaban J connectivity index is 1.74. The largest absolute Gasteiger partial charge is 0.455 e. The minimum atomic E-state index is -3.52. The van der Waals surface area contributed by atoms with E-state index in [4.69, 9.17) is 4.42 Å². The standard InChI is InChI=1S/C21H21NO4S/c1-16(17-9-5-3-6-10-17)22(2)21(23)20-14-13-18(26-20)15-27(24,25)19-11-7-4-8-12-19/h3-14,16H,15H2,1-2H3. The van der Waals surface area contributed by atoms with Gasteiger partial charge in [0, 0.05) is 7.05 Å². The molecule has 0 aliphatic rings. The molecule has 5 nitrogen and oxygen atoms in total. The molecule has 0 aliphatic heterocycles. The first-order valence-corrected chi connectivity index (χ1v) is 10.2. The Morgan fingerprint density at radius 1 is 0.963 bits per heavy atom. The first kappa shape index (κ1) is 18.9. The number of benzene rings is 2. The van der Waals surface area contributed by atoms with Gasteiger partial charge in [-0.2, -0.15) is 0 Å². The van der Waals surface area contributed by atoms with E-state index in [1.165, 1.54) is 12.1 Å². The molecule has 1 aromatic heterocycles. The van der Waals surface area contributed by atoms with Gasteiger partial charge in [0.05, 0.1) is 10.9 Å². The van der Waals surface area contributed by atoms with E-state index in [1.54, 1.807) is 42.3 Å². The molecule has 1 amide bonds. The van der Waals surface area contributed by atoms with E-state index in [0.717, 1.165) is 5.56 Å². The number of furan rings is 1. The highest BCUT2D eigenvalue weighted by Gasteiger charge is 2.23. The Labute approximate surface area is 159 Å². The van der Waals surface area contributed by atoms with E-state index < -0.39 is 9.84 Å². The molecule has 6 heteroatoms. The monoisotopic (exact) mass is 383 g/mol. The van der Waals surface area contributed by atoms with Gasteiger partial charge in [-0.15, -0.1) is 0 Å². The molecule has 1 unspecified atom stereocenters. The van der Waals surface area contributed by atoms with Crippen molar-refractivity contribution in [3.8, 4) is 0 Å². The van der Waals surface area contributed by atoms with E-state index in [1.807, 2.05) is 37.3 Å². The first-order valence-electron chi connectivity index (χ1n) is 8.57. The van der Waals surface area contributed by atoms with Crippen molar-refractivity contribution in [3.05, 3.63) is 89.9 Å². The van der Waals surface area contributed by atoms with Crippen LogP contribution in [0.15, 0.2) is 82.1 Å². The molecule has 0 bridgehead atoms. The van der Waals surface area contributed by atoms with Gasteiger partial charge >= 0.3 is 0 Å². The molecule has 0 saturated carbocycles. The third kappa shape index (κ3) is 4.28. The minimum absolute atomic E-state index is 0.124. The van der Waals surface area contributed by atoms with E-state index in [0.29, 0.717) is 0 Å². The molecule has 27 heavy (non-hydrogen) atoms. The Morgan fingerprint density at radius 2 is 1.56 bits per heavy atom. The van der Waals surface area contributed by atoms with Crippen molar-refractivity contribution >= 4 is 15.7 Å². The highest BCUT2D eigenvalue weighted by Crippen LogP contribution is 2.23. The van der Waals surface area contributed by atoms with Gasteiger partial charge in [-0.05, 0) is 36.8 Å². The predicted octanol–water partition coefficient (Wildman–Crippen LogP) is 4.09. The molecular weight excluding hydrogens is 362 g/mol. The highest BCUT2D eigenvalue weighted by molar-refractivity contribution is 7.90. The smallest absolute Gasteiger partial charge is 0.289 e. The quantitative estimate of drug-likeness (QED) is 0.643. The summed E-state index contributed by atoms with van der Waals surface area (Å²) in [6.45, 7) is 1.93. The number of hydrogen-bond donors (Lipinski definition) is 0. The van der Waals surface area contributed by atoms with Gasteiger partial charge in [0.15, 0.2) is 15.6 Å². The minimum Gasteiger partial charge on any atom is -0.455 e. The van der Waals surface area contributed by atoms with Crippen molar-refractivity contribution in [1.29, 1.82) is 0 Å². The molecular formula is C21H21NO4S. The summed E-state index contributed by atoms with van der Waals surface area (Å²) in [6, 6.07) is 20.8. The lowest BCUT2D eigenvalue weighted by Crippen LogP contribution is -2.29. The number of amides is 1. The molecule has 0 saturated heterocycles. The maximum Gasteiger partial charge on any atom is 0.289 e. The van der Waals surface area contributed by atoms with E-state index in [9.17, 15) is 13.2 Å². The number of nitrogens with zero attached hydrogens (tertiary/aromatic N) is 1. The van der Waals surface area contributed by atoms with Crippen molar-refractivity contribution in [2.45, 2.75) is 23.6 Å². The maximum absolute atomic E-state index is 12.7. The van der Waals surface area contributed by atoms with Gasteiger partial charge in [-0.25, -0.2) is 8.42 Å². The molecule has 0 fully saturated rings. The molecule has 3 aromatic rings. The summed E-state index contributed by atoms with van der Waals surface area (Å²) in [7, 11) is -1.83. The third-order valence-electron chi connectivity index (χ3n) is 4.49. The zero-order valence-electron chi connectivity index (χ0n) is 15.2. The van der Waals surface area contributed by atoms with Crippen LogP contribution < -0.4 is 0 Å². The van der Waals surface area contributed by atoms with Gasteiger partial charge in [0.25, 0.3) is 5.91 Å². The van der Waals surface area contributed by atoms with Crippen LogP contribution >= 0.6 is 0 Å². The number of carbonyl (C=O) groups is 1. The van der Waals surface area contributed by atoms with Crippen molar-refractivity contribution in [1.82, 2.24) is 4.90 Å². The van der Waals surface area contributed by atoms with Gasteiger partial charge in [-0.1, -0.05) is 48.5 Å². The second-order valence-electron chi connectivity index (χ2n) is 6.34. The van der Waals surface area contributed by atoms with Gasteiger partial charge in [0.2, 0.25) is 0 Å². The lowest BCUT2D eigenvalue weighted by atomic mass is 10.1. The van der Waals surface area contributed by atoms with Crippen LogP contribution in [-0.4, -0.2) is 26.3 Å². The predicted molar refractivity (Wildman–Crippen MR) is 103 cm³/mol. The van der Waals surface area contributed by atoms with Crippen LogP contribution in [0.2, 0.25) is 0 Å². The lowest BCUT2D eigenvalue weighted by Gasteiger charge is -2.24. The number of sulfone groups is 1. The average Bonchev–Trinajstić information content (AvgIpc) is 3.15. The maximum atomic E-state index is 12.7. The second kappa shape index (κ2) is 7.80. The number of hydrogen-bond acceptors (Lipinski definition) is 4. The van der Waals surface area contributed by atoms with Gasteiger partial charge in [-0.3, -0.25) is 4.79 Å².